The van der Waals surface area contributed by atoms with Crippen LogP contribution in [0, 0.1) is 17.8 Å². The number of aromatic amines is 2. The third-order valence-corrected chi connectivity index (χ3v) is 4.70. The number of rotatable bonds is 2. The van der Waals surface area contributed by atoms with Gasteiger partial charge < -0.3 is 4.42 Å². The van der Waals surface area contributed by atoms with Crippen LogP contribution in [0.2, 0.25) is 0 Å². The van der Waals surface area contributed by atoms with Gasteiger partial charge >= 0.3 is 11.3 Å². The maximum atomic E-state index is 12.0. The zero-order chi connectivity index (χ0) is 13.9. The molecule has 3 unspecified atom stereocenters. The van der Waals surface area contributed by atoms with Gasteiger partial charge in [-0.1, -0.05) is 0 Å². The topological polar surface area (TPSA) is 95.9 Å². The summed E-state index contributed by atoms with van der Waals surface area (Å²) >= 11 is 0. The Hall–Kier alpha value is -2.11. The SMILES string of the molecule is O=c1[nH]c(=O)c2c(CC3CCC4CC34)cc(=O)oc2[nH]1. The van der Waals surface area contributed by atoms with Gasteiger partial charge in [-0.2, -0.15) is 0 Å². The lowest BCUT2D eigenvalue weighted by atomic mass is 9.94. The van der Waals surface area contributed by atoms with Crippen molar-refractivity contribution in [2.24, 2.45) is 17.8 Å². The van der Waals surface area contributed by atoms with Gasteiger partial charge in [0.05, 0.1) is 0 Å². The average Bonchev–Trinajstić information content (AvgIpc) is 3.04. The third kappa shape index (κ3) is 1.75. The molecule has 0 radical (unpaired) electrons. The van der Waals surface area contributed by atoms with Crippen LogP contribution in [0.3, 0.4) is 0 Å². The predicted molar refractivity (Wildman–Crippen MR) is 71.8 cm³/mol. The van der Waals surface area contributed by atoms with E-state index in [1.165, 1.54) is 18.9 Å². The first-order valence-electron chi connectivity index (χ1n) is 6.91. The van der Waals surface area contributed by atoms with Gasteiger partial charge in [0.2, 0.25) is 5.71 Å². The van der Waals surface area contributed by atoms with Crippen molar-refractivity contribution in [3.05, 3.63) is 42.9 Å². The Labute approximate surface area is 112 Å². The minimum absolute atomic E-state index is 0.0217. The highest BCUT2D eigenvalue weighted by Crippen LogP contribution is 2.56. The van der Waals surface area contributed by atoms with Gasteiger partial charge in [0.15, 0.2) is 0 Å². The van der Waals surface area contributed by atoms with Crippen molar-refractivity contribution in [1.29, 1.82) is 0 Å². The molecule has 104 valence electrons. The minimum Gasteiger partial charge on any atom is -0.405 e. The largest absolute Gasteiger partial charge is 0.405 e. The van der Waals surface area contributed by atoms with Crippen LogP contribution < -0.4 is 16.9 Å². The van der Waals surface area contributed by atoms with Gasteiger partial charge in [-0.25, -0.2) is 9.59 Å². The van der Waals surface area contributed by atoms with E-state index in [-0.39, 0.29) is 5.71 Å². The summed E-state index contributed by atoms with van der Waals surface area (Å²) in [5, 5.41) is 0.299. The number of nitrogens with one attached hydrogen (secondary N) is 2. The van der Waals surface area contributed by atoms with Crippen molar-refractivity contribution in [2.75, 3.05) is 0 Å². The smallest absolute Gasteiger partial charge is 0.337 e. The summed E-state index contributed by atoms with van der Waals surface area (Å²) in [6.07, 6.45) is 4.38. The Kier molecular flexibility index (Phi) is 2.31. The molecule has 0 amide bonds. The van der Waals surface area contributed by atoms with E-state index in [0.717, 1.165) is 18.3 Å². The molecule has 2 N–H and O–H groups in total. The quantitative estimate of drug-likeness (QED) is 0.845. The lowest BCUT2D eigenvalue weighted by Crippen LogP contribution is -2.24. The summed E-state index contributed by atoms with van der Waals surface area (Å²) in [4.78, 5) is 39.4. The van der Waals surface area contributed by atoms with Gasteiger partial charge in [0.1, 0.15) is 5.39 Å². The van der Waals surface area contributed by atoms with Gasteiger partial charge in [0, 0.05) is 6.07 Å². The monoisotopic (exact) mass is 274 g/mol. The molecular weight excluding hydrogens is 260 g/mol. The van der Waals surface area contributed by atoms with Crippen molar-refractivity contribution in [2.45, 2.75) is 25.7 Å². The van der Waals surface area contributed by atoms with E-state index >= 15 is 0 Å². The summed E-state index contributed by atoms with van der Waals surface area (Å²) in [5.41, 5.74) is -1.02. The zero-order valence-corrected chi connectivity index (χ0v) is 10.8. The highest BCUT2D eigenvalue weighted by molar-refractivity contribution is 5.75. The van der Waals surface area contributed by atoms with Crippen molar-refractivity contribution in [3.8, 4) is 0 Å². The number of aromatic nitrogens is 2. The van der Waals surface area contributed by atoms with Gasteiger partial charge in [-0.3, -0.25) is 14.8 Å². The minimum atomic E-state index is -0.661. The van der Waals surface area contributed by atoms with E-state index in [1.54, 1.807) is 0 Å². The van der Waals surface area contributed by atoms with Crippen LogP contribution in [0.1, 0.15) is 24.8 Å². The van der Waals surface area contributed by atoms with Gasteiger partial charge in [-0.15, -0.1) is 0 Å². The Balaban J connectivity index is 1.87. The molecule has 0 spiro atoms. The molecule has 2 aliphatic carbocycles. The molecule has 2 aromatic heterocycles. The molecule has 3 atom stereocenters. The molecule has 0 saturated heterocycles. The van der Waals surface area contributed by atoms with E-state index in [1.807, 2.05) is 0 Å². The lowest BCUT2D eigenvalue weighted by molar-refractivity contribution is 0.475. The first-order chi connectivity index (χ1) is 9.61. The number of hydrogen-bond acceptors (Lipinski definition) is 4. The predicted octanol–water partition coefficient (Wildman–Crippen LogP) is 0.758. The molecule has 0 bridgehead atoms. The highest BCUT2D eigenvalue weighted by Gasteiger charge is 2.47. The maximum Gasteiger partial charge on any atom is 0.337 e. The Morgan fingerprint density at radius 2 is 2.05 bits per heavy atom. The Bertz CT molecular complexity index is 855. The molecule has 6 nitrogen and oxygen atoms in total. The standard InChI is InChI=1S/C14H14N2O4/c17-10-5-8(3-6-1-2-7-4-9(6)7)11-12(18)15-14(19)16-13(11)20-10/h5-7,9H,1-4H2,(H2,15,16,18,19). The lowest BCUT2D eigenvalue weighted by Gasteiger charge is -2.12. The van der Waals surface area contributed by atoms with E-state index in [9.17, 15) is 14.4 Å². The summed E-state index contributed by atoms with van der Waals surface area (Å²) < 4.78 is 4.93. The zero-order valence-electron chi connectivity index (χ0n) is 10.8. The van der Waals surface area contributed by atoms with Crippen LogP contribution in [0.25, 0.3) is 11.1 Å². The number of H-pyrrole nitrogens is 2. The molecule has 0 aromatic carbocycles. The molecule has 2 aliphatic rings. The number of fused-ring (bicyclic) bond motifs is 2. The van der Waals surface area contributed by atoms with Gasteiger partial charge in [0.25, 0.3) is 5.56 Å². The summed E-state index contributed by atoms with van der Waals surface area (Å²) in [7, 11) is 0. The summed E-state index contributed by atoms with van der Waals surface area (Å²) in [6.45, 7) is 0. The van der Waals surface area contributed by atoms with Gasteiger partial charge in [-0.05, 0) is 49.0 Å². The molecule has 6 heteroatoms. The van der Waals surface area contributed by atoms with Crippen molar-refractivity contribution in [1.82, 2.24) is 9.97 Å². The second-order valence-corrected chi connectivity index (χ2v) is 5.90. The maximum absolute atomic E-state index is 12.0. The number of hydrogen-bond donors (Lipinski definition) is 2. The average molecular weight is 274 g/mol. The Morgan fingerprint density at radius 3 is 2.75 bits per heavy atom. The molecular formula is C14H14N2O4. The first kappa shape index (κ1) is 11.7. The molecule has 2 aromatic rings. The fraction of sp³-hybridized carbons (Fsp3) is 0.500. The summed E-state index contributed by atoms with van der Waals surface area (Å²) in [6, 6.07) is 1.38. The van der Waals surface area contributed by atoms with E-state index in [4.69, 9.17) is 4.42 Å². The van der Waals surface area contributed by atoms with E-state index < -0.39 is 16.9 Å². The van der Waals surface area contributed by atoms with Crippen molar-refractivity contribution in [3.63, 3.8) is 0 Å². The van der Waals surface area contributed by atoms with Crippen molar-refractivity contribution < 1.29 is 4.42 Å². The molecule has 2 fully saturated rings. The fourth-order valence-electron chi connectivity index (χ4n) is 3.70. The van der Waals surface area contributed by atoms with E-state index in [0.29, 0.717) is 23.3 Å². The van der Waals surface area contributed by atoms with Crippen LogP contribution in [0.5, 0.6) is 0 Å². The molecule has 4 rings (SSSR count). The van der Waals surface area contributed by atoms with E-state index in [2.05, 4.69) is 9.97 Å². The summed E-state index contributed by atoms with van der Waals surface area (Å²) in [5.74, 6) is 2.14. The van der Waals surface area contributed by atoms with Crippen LogP contribution in [0.15, 0.2) is 24.9 Å². The molecule has 2 heterocycles. The van der Waals surface area contributed by atoms with Crippen LogP contribution >= 0.6 is 0 Å². The van der Waals surface area contributed by atoms with Crippen LogP contribution in [0.4, 0.5) is 0 Å². The highest BCUT2D eigenvalue weighted by atomic mass is 16.4. The second kappa shape index (κ2) is 3.94. The molecule has 0 aliphatic heterocycles. The molecule has 2 saturated carbocycles. The normalized spacial score (nSPS) is 27.7. The van der Waals surface area contributed by atoms with Crippen molar-refractivity contribution >= 4 is 11.1 Å². The first-order valence-corrected chi connectivity index (χ1v) is 6.91. The third-order valence-electron chi connectivity index (χ3n) is 4.70. The second-order valence-electron chi connectivity index (χ2n) is 5.90. The van der Waals surface area contributed by atoms with Crippen LogP contribution in [-0.2, 0) is 6.42 Å². The fourth-order valence-corrected chi connectivity index (χ4v) is 3.70. The van der Waals surface area contributed by atoms with Crippen LogP contribution in [-0.4, -0.2) is 9.97 Å². The molecule has 20 heavy (non-hydrogen) atoms. The Morgan fingerprint density at radius 1 is 1.20 bits per heavy atom.